The summed E-state index contributed by atoms with van der Waals surface area (Å²) < 4.78 is 88.9. The number of halogens is 6. The first kappa shape index (κ1) is 24.0. The summed E-state index contributed by atoms with van der Waals surface area (Å²) in [7, 11) is 0. The van der Waals surface area contributed by atoms with Crippen molar-refractivity contribution in [3.63, 3.8) is 0 Å². The highest BCUT2D eigenvalue weighted by atomic mass is 19.4. The molecule has 176 valence electrons. The van der Waals surface area contributed by atoms with E-state index in [1.54, 1.807) is 0 Å². The van der Waals surface area contributed by atoms with Gasteiger partial charge < -0.3 is 14.4 Å². The van der Waals surface area contributed by atoms with E-state index in [0.717, 1.165) is 24.4 Å². The SMILES string of the molecule is CCCOc1cc(C(F)(F)F)ccc1O[C@H]1CCN(c2ccc(C(F)(F)F)cn2)C[C@H]1C. The molecule has 0 unspecified atom stereocenters. The van der Waals surface area contributed by atoms with Gasteiger partial charge in [0.25, 0.3) is 0 Å². The third-order valence-corrected chi connectivity index (χ3v) is 5.24. The summed E-state index contributed by atoms with van der Waals surface area (Å²) in [6.45, 7) is 4.98. The smallest absolute Gasteiger partial charge is 0.417 e. The zero-order valence-corrected chi connectivity index (χ0v) is 17.6. The Bertz CT molecular complexity index is 899. The van der Waals surface area contributed by atoms with Crippen molar-refractivity contribution in [3.8, 4) is 11.5 Å². The number of ether oxygens (including phenoxy) is 2. The fraction of sp³-hybridized carbons (Fsp3) is 0.500. The first-order chi connectivity index (χ1) is 15.0. The number of rotatable bonds is 6. The quantitative estimate of drug-likeness (QED) is 0.479. The molecular weight excluding hydrogens is 438 g/mol. The topological polar surface area (TPSA) is 34.6 Å². The first-order valence-electron chi connectivity index (χ1n) is 10.3. The second kappa shape index (κ2) is 9.46. The number of hydrogen-bond donors (Lipinski definition) is 0. The lowest BCUT2D eigenvalue weighted by Gasteiger charge is -2.37. The molecule has 0 bridgehead atoms. The van der Waals surface area contributed by atoms with Gasteiger partial charge in [-0.05, 0) is 36.8 Å². The summed E-state index contributed by atoms with van der Waals surface area (Å²) in [5, 5.41) is 0. The summed E-state index contributed by atoms with van der Waals surface area (Å²) in [4.78, 5) is 5.80. The largest absolute Gasteiger partial charge is 0.490 e. The second-order valence-corrected chi connectivity index (χ2v) is 7.78. The van der Waals surface area contributed by atoms with Crippen molar-refractivity contribution in [1.82, 2.24) is 4.98 Å². The average Bonchev–Trinajstić information content (AvgIpc) is 2.73. The van der Waals surface area contributed by atoms with Gasteiger partial charge in [0.2, 0.25) is 0 Å². The average molecular weight is 462 g/mol. The van der Waals surface area contributed by atoms with Gasteiger partial charge in [-0.25, -0.2) is 4.98 Å². The van der Waals surface area contributed by atoms with Gasteiger partial charge in [-0.3, -0.25) is 0 Å². The van der Waals surface area contributed by atoms with Crippen LogP contribution < -0.4 is 14.4 Å². The zero-order valence-electron chi connectivity index (χ0n) is 17.6. The molecule has 0 saturated carbocycles. The molecule has 3 rings (SSSR count). The van der Waals surface area contributed by atoms with Crippen LogP contribution in [0.5, 0.6) is 11.5 Å². The van der Waals surface area contributed by atoms with E-state index in [4.69, 9.17) is 9.47 Å². The summed E-state index contributed by atoms with van der Waals surface area (Å²) in [6, 6.07) is 5.50. The standard InChI is InChI=1S/C22H24F6N2O2/c1-3-10-31-19-11-15(21(23,24)25)4-6-18(19)32-17-8-9-30(13-14(17)2)20-7-5-16(12-29-20)22(26,27)28/h4-7,11-12,14,17H,3,8-10,13H2,1-2H3/t14-,17+/m1/s1. The highest BCUT2D eigenvalue weighted by molar-refractivity contribution is 5.44. The van der Waals surface area contributed by atoms with Gasteiger partial charge in [0.05, 0.1) is 17.7 Å². The monoisotopic (exact) mass is 462 g/mol. The van der Waals surface area contributed by atoms with Crippen molar-refractivity contribution >= 4 is 5.82 Å². The Morgan fingerprint density at radius 3 is 2.25 bits per heavy atom. The maximum atomic E-state index is 13.1. The van der Waals surface area contributed by atoms with Crippen molar-refractivity contribution in [2.75, 3.05) is 24.6 Å². The molecule has 1 aromatic heterocycles. The van der Waals surface area contributed by atoms with E-state index in [-0.39, 0.29) is 30.1 Å². The third kappa shape index (κ3) is 5.77. The molecule has 1 aliphatic heterocycles. The van der Waals surface area contributed by atoms with Gasteiger partial charge in [-0.2, -0.15) is 26.3 Å². The van der Waals surface area contributed by atoms with Gasteiger partial charge >= 0.3 is 12.4 Å². The fourth-order valence-electron chi connectivity index (χ4n) is 3.52. The number of aromatic nitrogens is 1. The molecule has 10 heteroatoms. The van der Waals surface area contributed by atoms with Gasteiger partial charge in [0.15, 0.2) is 11.5 Å². The molecular formula is C22H24F6N2O2. The van der Waals surface area contributed by atoms with Crippen molar-refractivity contribution in [3.05, 3.63) is 47.7 Å². The lowest BCUT2D eigenvalue weighted by molar-refractivity contribution is -0.138. The predicted molar refractivity (Wildman–Crippen MR) is 107 cm³/mol. The summed E-state index contributed by atoms with van der Waals surface area (Å²) in [5.41, 5.74) is -1.62. The van der Waals surface area contributed by atoms with E-state index < -0.39 is 23.5 Å². The Labute approximate surface area is 182 Å². The van der Waals surface area contributed by atoms with Crippen LogP contribution in [-0.4, -0.2) is 30.8 Å². The molecule has 1 fully saturated rings. The van der Waals surface area contributed by atoms with E-state index in [1.807, 2.05) is 18.7 Å². The Kier molecular flexibility index (Phi) is 7.09. The number of hydrogen-bond acceptors (Lipinski definition) is 4. The molecule has 1 saturated heterocycles. The lowest BCUT2D eigenvalue weighted by atomic mass is 9.96. The molecule has 4 nitrogen and oxygen atoms in total. The van der Waals surface area contributed by atoms with Crippen molar-refractivity contribution in [2.24, 2.45) is 5.92 Å². The maximum absolute atomic E-state index is 13.1. The Morgan fingerprint density at radius 1 is 1.00 bits per heavy atom. The summed E-state index contributed by atoms with van der Waals surface area (Å²) >= 11 is 0. The fourth-order valence-corrected chi connectivity index (χ4v) is 3.52. The molecule has 1 aliphatic rings. The maximum Gasteiger partial charge on any atom is 0.417 e. The third-order valence-electron chi connectivity index (χ3n) is 5.24. The Morgan fingerprint density at radius 2 is 1.69 bits per heavy atom. The van der Waals surface area contributed by atoms with Gasteiger partial charge in [-0.1, -0.05) is 13.8 Å². The Balaban J connectivity index is 1.69. The van der Waals surface area contributed by atoms with Crippen LogP contribution in [-0.2, 0) is 12.4 Å². The minimum Gasteiger partial charge on any atom is -0.490 e. The molecule has 0 spiro atoms. The normalized spacial score (nSPS) is 19.7. The van der Waals surface area contributed by atoms with E-state index in [0.29, 0.717) is 31.7 Å². The van der Waals surface area contributed by atoms with Crippen LogP contribution in [0, 0.1) is 5.92 Å². The Hall–Kier alpha value is -2.65. The molecule has 0 N–H and O–H groups in total. The summed E-state index contributed by atoms with van der Waals surface area (Å²) in [6.07, 6.45) is -7.26. The van der Waals surface area contributed by atoms with Crippen LogP contribution in [0.1, 0.15) is 37.8 Å². The van der Waals surface area contributed by atoms with E-state index in [1.165, 1.54) is 12.1 Å². The number of benzene rings is 1. The highest BCUT2D eigenvalue weighted by Gasteiger charge is 2.34. The van der Waals surface area contributed by atoms with Gasteiger partial charge in [-0.15, -0.1) is 0 Å². The summed E-state index contributed by atoms with van der Waals surface area (Å²) in [5.74, 6) is 0.670. The highest BCUT2D eigenvalue weighted by Crippen LogP contribution is 2.38. The molecule has 2 atom stereocenters. The van der Waals surface area contributed by atoms with E-state index in [2.05, 4.69) is 4.98 Å². The van der Waals surface area contributed by atoms with Crippen LogP contribution in [0.25, 0.3) is 0 Å². The number of anilines is 1. The van der Waals surface area contributed by atoms with E-state index in [9.17, 15) is 26.3 Å². The minimum absolute atomic E-state index is 0.0423. The molecule has 32 heavy (non-hydrogen) atoms. The molecule has 2 heterocycles. The van der Waals surface area contributed by atoms with Crippen LogP contribution in [0.3, 0.4) is 0 Å². The number of piperidine rings is 1. The van der Waals surface area contributed by atoms with Crippen LogP contribution in [0.4, 0.5) is 32.2 Å². The zero-order chi connectivity index (χ0) is 23.5. The van der Waals surface area contributed by atoms with Crippen molar-refractivity contribution < 1.29 is 35.8 Å². The molecule has 2 aromatic rings. The van der Waals surface area contributed by atoms with Gasteiger partial charge in [0, 0.05) is 31.6 Å². The van der Waals surface area contributed by atoms with Crippen LogP contribution in [0.15, 0.2) is 36.5 Å². The minimum atomic E-state index is -4.49. The number of alkyl halides is 6. The molecule has 0 amide bonds. The second-order valence-electron chi connectivity index (χ2n) is 7.78. The van der Waals surface area contributed by atoms with Crippen LogP contribution >= 0.6 is 0 Å². The van der Waals surface area contributed by atoms with Crippen LogP contribution in [0.2, 0.25) is 0 Å². The number of nitrogens with zero attached hydrogens (tertiary/aromatic N) is 2. The lowest BCUT2D eigenvalue weighted by Crippen LogP contribution is -2.44. The van der Waals surface area contributed by atoms with Crippen molar-refractivity contribution in [2.45, 2.75) is 45.1 Å². The molecule has 1 aromatic carbocycles. The van der Waals surface area contributed by atoms with E-state index >= 15 is 0 Å². The first-order valence-corrected chi connectivity index (χ1v) is 10.3. The number of pyridine rings is 1. The predicted octanol–water partition coefficient (Wildman–Crippen LogP) is 6.20. The molecule has 0 radical (unpaired) electrons. The molecule has 0 aliphatic carbocycles. The van der Waals surface area contributed by atoms with Crippen molar-refractivity contribution in [1.29, 1.82) is 0 Å². The van der Waals surface area contributed by atoms with Gasteiger partial charge in [0.1, 0.15) is 11.9 Å².